The molecule has 1 N–H and O–H groups in total. The fourth-order valence-electron chi connectivity index (χ4n) is 3.92. The Morgan fingerprint density at radius 2 is 1.66 bits per heavy atom. The van der Waals surface area contributed by atoms with E-state index in [1.54, 1.807) is 41.3 Å². The lowest BCUT2D eigenvalue weighted by molar-refractivity contribution is -0.119. The maximum Gasteiger partial charge on any atom is 0.255 e. The highest BCUT2D eigenvalue weighted by atomic mass is 32.2. The van der Waals surface area contributed by atoms with Crippen LogP contribution in [-0.4, -0.2) is 60.2 Å². The summed E-state index contributed by atoms with van der Waals surface area (Å²) < 4.78 is 27.3. The van der Waals surface area contributed by atoms with Crippen molar-refractivity contribution in [2.45, 2.75) is 30.7 Å². The molecular formula is C23H27N3O4S2. The quantitative estimate of drug-likeness (QED) is 0.720. The van der Waals surface area contributed by atoms with Crippen molar-refractivity contribution in [1.82, 2.24) is 9.21 Å². The number of piperidine rings is 1. The minimum Gasteiger partial charge on any atom is -0.324 e. The molecule has 2 aliphatic heterocycles. The van der Waals surface area contributed by atoms with Gasteiger partial charge in [0.05, 0.1) is 10.8 Å². The number of amides is 2. The largest absolute Gasteiger partial charge is 0.324 e. The van der Waals surface area contributed by atoms with Gasteiger partial charge in [0.1, 0.15) is 6.04 Å². The van der Waals surface area contributed by atoms with E-state index in [2.05, 4.69) is 12.2 Å². The predicted octanol–water partition coefficient (Wildman–Crippen LogP) is 3.26. The fraction of sp³-hybridized carbons (Fsp3) is 0.391. The molecule has 2 fully saturated rings. The van der Waals surface area contributed by atoms with Gasteiger partial charge in [-0.1, -0.05) is 25.1 Å². The second kappa shape index (κ2) is 9.64. The van der Waals surface area contributed by atoms with Crippen molar-refractivity contribution in [3.63, 3.8) is 0 Å². The van der Waals surface area contributed by atoms with Gasteiger partial charge in [0.15, 0.2) is 0 Å². The van der Waals surface area contributed by atoms with Gasteiger partial charge in [0.25, 0.3) is 5.91 Å². The van der Waals surface area contributed by atoms with Crippen LogP contribution in [0.5, 0.6) is 0 Å². The highest BCUT2D eigenvalue weighted by molar-refractivity contribution is 7.99. The summed E-state index contributed by atoms with van der Waals surface area (Å²) in [5.74, 6) is 1.07. The Hall–Kier alpha value is -2.36. The zero-order valence-electron chi connectivity index (χ0n) is 17.9. The summed E-state index contributed by atoms with van der Waals surface area (Å²) in [6.45, 7) is 3.21. The van der Waals surface area contributed by atoms with Crippen molar-refractivity contribution in [3.8, 4) is 0 Å². The molecule has 0 saturated carbocycles. The molecule has 0 spiro atoms. The van der Waals surface area contributed by atoms with Crippen LogP contribution in [0.4, 0.5) is 5.69 Å². The molecule has 0 bridgehead atoms. The van der Waals surface area contributed by atoms with Crippen molar-refractivity contribution >= 4 is 39.3 Å². The first-order chi connectivity index (χ1) is 15.4. The van der Waals surface area contributed by atoms with E-state index in [4.69, 9.17) is 0 Å². The smallest absolute Gasteiger partial charge is 0.255 e. The molecule has 7 nitrogen and oxygen atoms in total. The minimum atomic E-state index is -3.53. The number of thioether (sulfide) groups is 1. The van der Waals surface area contributed by atoms with Crippen molar-refractivity contribution in [1.29, 1.82) is 0 Å². The number of benzene rings is 2. The van der Waals surface area contributed by atoms with Crippen LogP contribution in [0, 0.1) is 5.92 Å². The third-order valence-corrected chi connectivity index (χ3v) is 8.89. The van der Waals surface area contributed by atoms with Crippen molar-refractivity contribution in [2.75, 3.05) is 30.0 Å². The Kier molecular flexibility index (Phi) is 6.88. The summed E-state index contributed by atoms with van der Waals surface area (Å²) in [6, 6.07) is 14.6. The van der Waals surface area contributed by atoms with Gasteiger partial charge in [-0.15, -0.1) is 11.8 Å². The van der Waals surface area contributed by atoms with Crippen LogP contribution in [0.25, 0.3) is 0 Å². The van der Waals surface area contributed by atoms with E-state index in [0.29, 0.717) is 41.9 Å². The molecule has 170 valence electrons. The van der Waals surface area contributed by atoms with E-state index in [1.807, 2.05) is 6.07 Å². The highest BCUT2D eigenvalue weighted by Crippen LogP contribution is 2.26. The summed E-state index contributed by atoms with van der Waals surface area (Å²) in [6.07, 6.45) is 1.73. The Bertz CT molecular complexity index is 1070. The number of carbonyl (C=O) groups excluding carboxylic acids is 2. The molecule has 0 radical (unpaired) electrons. The molecule has 2 heterocycles. The molecule has 0 unspecified atom stereocenters. The Morgan fingerprint density at radius 3 is 2.31 bits per heavy atom. The van der Waals surface area contributed by atoms with Crippen LogP contribution in [0.15, 0.2) is 59.5 Å². The Labute approximate surface area is 193 Å². The number of nitrogens with one attached hydrogen (secondary N) is 1. The maximum atomic E-state index is 12.9. The van der Waals surface area contributed by atoms with Crippen molar-refractivity contribution < 1.29 is 18.0 Å². The number of sulfonamides is 1. The molecule has 2 aliphatic rings. The number of nitrogens with zero attached hydrogens (tertiary/aromatic N) is 2. The third kappa shape index (κ3) is 4.84. The average molecular weight is 474 g/mol. The van der Waals surface area contributed by atoms with Gasteiger partial charge in [-0.2, -0.15) is 4.31 Å². The zero-order chi connectivity index (χ0) is 22.7. The second-order valence-corrected chi connectivity index (χ2v) is 11.2. The SMILES string of the molecule is CC1CCN(S(=O)(=O)c2ccc(NC(=O)[C@@H]3CSCN3C(=O)c3ccccc3)cc2)CC1. The van der Waals surface area contributed by atoms with Gasteiger partial charge in [0.2, 0.25) is 15.9 Å². The predicted molar refractivity (Wildman–Crippen MR) is 126 cm³/mol. The number of anilines is 1. The van der Waals surface area contributed by atoms with E-state index in [-0.39, 0.29) is 16.7 Å². The van der Waals surface area contributed by atoms with Gasteiger partial charge < -0.3 is 10.2 Å². The molecule has 0 aromatic heterocycles. The van der Waals surface area contributed by atoms with Crippen LogP contribution in [0.2, 0.25) is 0 Å². The van der Waals surface area contributed by atoms with Gasteiger partial charge in [-0.05, 0) is 55.2 Å². The second-order valence-electron chi connectivity index (χ2n) is 8.26. The van der Waals surface area contributed by atoms with Gasteiger partial charge in [0, 0.05) is 30.1 Å². The van der Waals surface area contributed by atoms with Crippen molar-refractivity contribution in [2.24, 2.45) is 5.92 Å². The lowest BCUT2D eigenvalue weighted by Crippen LogP contribution is -2.44. The number of carbonyl (C=O) groups is 2. The topological polar surface area (TPSA) is 86.8 Å². The molecule has 4 rings (SSSR count). The summed E-state index contributed by atoms with van der Waals surface area (Å²) in [7, 11) is -3.53. The molecule has 9 heteroatoms. The van der Waals surface area contributed by atoms with Gasteiger partial charge >= 0.3 is 0 Å². The molecule has 0 aliphatic carbocycles. The van der Waals surface area contributed by atoms with Crippen LogP contribution >= 0.6 is 11.8 Å². The van der Waals surface area contributed by atoms with E-state index < -0.39 is 16.1 Å². The molecule has 2 amide bonds. The van der Waals surface area contributed by atoms with Gasteiger partial charge in [-0.25, -0.2) is 8.42 Å². The van der Waals surface area contributed by atoms with Crippen LogP contribution in [-0.2, 0) is 14.8 Å². The summed E-state index contributed by atoms with van der Waals surface area (Å²) in [5, 5.41) is 2.83. The number of hydrogen-bond acceptors (Lipinski definition) is 5. The standard InChI is InChI=1S/C23H27N3O4S2/c1-17-11-13-25(14-12-17)32(29,30)20-9-7-19(8-10-20)24-22(27)21-15-31-16-26(21)23(28)18-5-3-2-4-6-18/h2-10,17,21H,11-16H2,1H3,(H,24,27)/t21-/m0/s1. The molecule has 1 atom stereocenters. The highest BCUT2D eigenvalue weighted by Gasteiger charge is 2.35. The van der Waals surface area contributed by atoms with Crippen LogP contribution in [0.3, 0.4) is 0 Å². The first-order valence-electron chi connectivity index (χ1n) is 10.7. The maximum absolute atomic E-state index is 12.9. The van der Waals surface area contributed by atoms with Crippen LogP contribution in [0.1, 0.15) is 30.1 Å². The monoisotopic (exact) mass is 473 g/mol. The lowest BCUT2D eigenvalue weighted by Gasteiger charge is -2.29. The molecule has 2 saturated heterocycles. The Morgan fingerprint density at radius 1 is 1.00 bits per heavy atom. The minimum absolute atomic E-state index is 0.173. The average Bonchev–Trinajstić information content (AvgIpc) is 3.30. The summed E-state index contributed by atoms with van der Waals surface area (Å²) in [4.78, 5) is 27.5. The molecule has 32 heavy (non-hydrogen) atoms. The van der Waals surface area contributed by atoms with E-state index >= 15 is 0 Å². The Balaban J connectivity index is 1.42. The molecule has 2 aromatic carbocycles. The molecule has 2 aromatic rings. The third-order valence-electron chi connectivity index (χ3n) is 5.97. The zero-order valence-corrected chi connectivity index (χ0v) is 19.6. The number of rotatable bonds is 5. The number of hydrogen-bond donors (Lipinski definition) is 1. The van der Waals surface area contributed by atoms with Crippen molar-refractivity contribution in [3.05, 3.63) is 60.2 Å². The molecular weight excluding hydrogens is 446 g/mol. The van der Waals surface area contributed by atoms with Crippen LogP contribution < -0.4 is 5.32 Å². The normalized spacial score (nSPS) is 20.3. The van der Waals surface area contributed by atoms with E-state index in [0.717, 1.165) is 12.8 Å². The summed E-state index contributed by atoms with van der Waals surface area (Å²) in [5.41, 5.74) is 1.06. The fourth-order valence-corrected chi connectivity index (χ4v) is 6.54. The first-order valence-corrected chi connectivity index (χ1v) is 13.3. The van der Waals surface area contributed by atoms with Gasteiger partial charge in [-0.3, -0.25) is 9.59 Å². The lowest BCUT2D eigenvalue weighted by atomic mass is 10.0. The van der Waals surface area contributed by atoms with E-state index in [1.165, 1.54) is 28.2 Å². The first kappa shape index (κ1) is 22.8. The van der Waals surface area contributed by atoms with E-state index in [9.17, 15) is 18.0 Å². The summed E-state index contributed by atoms with van der Waals surface area (Å²) >= 11 is 1.53.